The summed E-state index contributed by atoms with van der Waals surface area (Å²) in [7, 11) is -2.31. The predicted octanol–water partition coefficient (Wildman–Crippen LogP) is -1.01. The minimum atomic E-state index is -3.75. The molecule has 0 aromatic carbocycles. The Morgan fingerprint density at radius 1 is 1.56 bits per heavy atom. The molecule has 8 heteroatoms. The molecule has 0 amide bonds. The van der Waals surface area contributed by atoms with Crippen molar-refractivity contribution in [1.29, 1.82) is 0 Å². The molecule has 0 bridgehead atoms. The number of aromatic carboxylic acids is 1. The first-order valence-corrected chi connectivity index (χ1v) is 5.87. The zero-order chi connectivity index (χ0) is 12.3. The summed E-state index contributed by atoms with van der Waals surface area (Å²) < 4.78 is 26.4. The fourth-order valence-corrected chi connectivity index (χ4v) is 2.25. The summed E-state index contributed by atoms with van der Waals surface area (Å²) in [6.07, 6.45) is 1.20. The van der Waals surface area contributed by atoms with Crippen LogP contribution >= 0.6 is 0 Å². The van der Waals surface area contributed by atoms with Crippen LogP contribution in [-0.2, 0) is 17.1 Å². The van der Waals surface area contributed by atoms with Crippen LogP contribution in [0.2, 0.25) is 0 Å². The Morgan fingerprint density at radius 2 is 2.19 bits per heavy atom. The molecule has 0 fully saturated rings. The Labute approximate surface area is 92.4 Å². The van der Waals surface area contributed by atoms with Gasteiger partial charge in [0.05, 0.1) is 6.61 Å². The van der Waals surface area contributed by atoms with E-state index in [9.17, 15) is 13.2 Å². The Kier molecular flexibility index (Phi) is 3.68. The van der Waals surface area contributed by atoms with E-state index < -0.39 is 16.0 Å². The third-order valence-corrected chi connectivity index (χ3v) is 3.34. The van der Waals surface area contributed by atoms with Crippen molar-refractivity contribution < 1.29 is 23.4 Å². The van der Waals surface area contributed by atoms with Crippen molar-refractivity contribution in [2.24, 2.45) is 7.05 Å². The highest BCUT2D eigenvalue weighted by Gasteiger charge is 2.19. The largest absolute Gasteiger partial charge is 0.477 e. The lowest BCUT2D eigenvalue weighted by Crippen LogP contribution is -2.26. The second kappa shape index (κ2) is 4.64. The Balaban J connectivity index is 3.06. The van der Waals surface area contributed by atoms with Crippen molar-refractivity contribution in [3.63, 3.8) is 0 Å². The number of nitrogens with zero attached hydrogens (tertiary/aromatic N) is 1. The number of aliphatic hydroxyl groups is 1. The van der Waals surface area contributed by atoms with Crippen molar-refractivity contribution in [2.75, 3.05) is 13.2 Å². The molecule has 3 N–H and O–H groups in total. The molecule has 16 heavy (non-hydrogen) atoms. The Hall–Kier alpha value is -1.38. The fourth-order valence-electron chi connectivity index (χ4n) is 1.16. The number of hydrogen-bond acceptors (Lipinski definition) is 4. The van der Waals surface area contributed by atoms with Gasteiger partial charge in [0.2, 0.25) is 10.0 Å². The van der Waals surface area contributed by atoms with Gasteiger partial charge in [0.25, 0.3) is 0 Å². The molecule has 1 aromatic rings. The molecular weight excluding hydrogens is 236 g/mol. The number of hydrogen-bond donors (Lipinski definition) is 3. The average Bonchev–Trinajstić information content (AvgIpc) is 2.58. The SMILES string of the molecule is Cn1cc(S(=O)(=O)NCCO)cc1C(=O)O. The van der Waals surface area contributed by atoms with E-state index in [1.165, 1.54) is 17.8 Å². The molecule has 0 saturated carbocycles. The average molecular weight is 248 g/mol. The molecule has 1 rings (SSSR count). The van der Waals surface area contributed by atoms with Gasteiger partial charge in [0.1, 0.15) is 10.6 Å². The summed E-state index contributed by atoms with van der Waals surface area (Å²) >= 11 is 0. The lowest BCUT2D eigenvalue weighted by molar-refractivity contribution is 0.0686. The van der Waals surface area contributed by atoms with Crippen LogP contribution in [0.25, 0.3) is 0 Å². The number of aliphatic hydroxyl groups excluding tert-OH is 1. The minimum absolute atomic E-state index is 0.111. The molecule has 0 unspecified atom stereocenters. The molecule has 0 spiro atoms. The molecule has 0 aliphatic carbocycles. The zero-order valence-electron chi connectivity index (χ0n) is 8.54. The topological polar surface area (TPSA) is 109 Å². The number of carboxylic acids is 1. The van der Waals surface area contributed by atoms with E-state index >= 15 is 0 Å². The molecule has 0 saturated heterocycles. The highest BCUT2D eigenvalue weighted by molar-refractivity contribution is 7.89. The first kappa shape index (κ1) is 12.7. The standard InChI is InChI=1S/C8H12N2O5S/c1-10-5-6(4-7(10)8(12)13)16(14,15)9-2-3-11/h4-5,9,11H,2-3H2,1H3,(H,12,13). The van der Waals surface area contributed by atoms with E-state index in [0.29, 0.717) is 0 Å². The molecule has 1 heterocycles. The van der Waals surface area contributed by atoms with Crippen LogP contribution in [0.1, 0.15) is 10.5 Å². The van der Waals surface area contributed by atoms with E-state index in [4.69, 9.17) is 10.2 Å². The number of aryl methyl sites for hydroxylation is 1. The molecular formula is C8H12N2O5S. The maximum Gasteiger partial charge on any atom is 0.352 e. The summed E-state index contributed by atoms with van der Waals surface area (Å²) in [5, 5.41) is 17.2. The summed E-state index contributed by atoms with van der Waals surface area (Å²) in [4.78, 5) is 10.6. The number of aromatic nitrogens is 1. The van der Waals surface area contributed by atoms with Crippen LogP contribution in [0, 0.1) is 0 Å². The van der Waals surface area contributed by atoms with E-state index in [0.717, 1.165) is 6.07 Å². The van der Waals surface area contributed by atoms with E-state index in [-0.39, 0.29) is 23.7 Å². The summed E-state index contributed by atoms with van der Waals surface area (Å²) in [6, 6.07) is 1.06. The normalized spacial score (nSPS) is 11.6. The first-order chi connectivity index (χ1) is 7.38. The summed E-state index contributed by atoms with van der Waals surface area (Å²) in [5.41, 5.74) is -0.121. The van der Waals surface area contributed by atoms with Crippen molar-refractivity contribution in [3.05, 3.63) is 18.0 Å². The smallest absolute Gasteiger partial charge is 0.352 e. The molecule has 7 nitrogen and oxygen atoms in total. The second-order valence-corrected chi connectivity index (χ2v) is 4.87. The van der Waals surface area contributed by atoms with Gasteiger partial charge in [-0.1, -0.05) is 0 Å². The highest BCUT2D eigenvalue weighted by atomic mass is 32.2. The van der Waals surface area contributed by atoms with Gasteiger partial charge < -0.3 is 14.8 Å². The predicted molar refractivity (Wildman–Crippen MR) is 54.6 cm³/mol. The van der Waals surface area contributed by atoms with Gasteiger partial charge in [-0.3, -0.25) is 0 Å². The van der Waals surface area contributed by atoms with Gasteiger partial charge in [0.15, 0.2) is 0 Å². The van der Waals surface area contributed by atoms with Gasteiger partial charge in [-0.25, -0.2) is 17.9 Å². The molecule has 0 atom stereocenters. The van der Waals surface area contributed by atoms with Crippen LogP contribution < -0.4 is 4.72 Å². The number of carbonyl (C=O) groups is 1. The lowest BCUT2D eigenvalue weighted by Gasteiger charge is -2.01. The highest BCUT2D eigenvalue weighted by Crippen LogP contribution is 2.12. The van der Waals surface area contributed by atoms with Gasteiger partial charge in [0, 0.05) is 19.8 Å². The lowest BCUT2D eigenvalue weighted by atomic mass is 10.4. The second-order valence-electron chi connectivity index (χ2n) is 3.10. The monoisotopic (exact) mass is 248 g/mol. The van der Waals surface area contributed by atoms with Crippen LogP contribution in [0.5, 0.6) is 0 Å². The molecule has 90 valence electrons. The maximum atomic E-state index is 11.6. The van der Waals surface area contributed by atoms with E-state index in [1.54, 1.807) is 0 Å². The van der Waals surface area contributed by atoms with Gasteiger partial charge >= 0.3 is 5.97 Å². The van der Waals surface area contributed by atoms with Crippen LogP contribution in [0.15, 0.2) is 17.2 Å². The number of rotatable bonds is 5. The minimum Gasteiger partial charge on any atom is -0.477 e. The Morgan fingerprint density at radius 3 is 2.62 bits per heavy atom. The van der Waals surface area contributed by atoms with Crippen LogP contribution in [0.4, 0.5) is 0 Å². The number of carboxylic acid groups (broad SMARTS) is 1. The van der Waals surface area contributed by atoms with Crippen LogP contribution in [-0.4, -0.2) is 42.3 Å². The fraction of sp³-hybridized carbons (Fsp3) is 0.375. The maximum absolute atomic E-state index is 11.6. The molecule has 0 aliphatic rings. The van der Waals surface area contributed by atoms with Crippen molar-refractivity contribution in [1.82, 2.24) is 9.29 Å². The number of nitrogens with one attached hydrogen (secondary N) is 1. The van der Waals surface area contributed by atoms with Gasteiger partial charge in [-0.05, 0) is 6.07 Å². The quantitative estimate of drug-likeness (QED) is 0.619. The van der Waals surface area contributed by atoms with Crippen LogP contribution in [0.3, 0.4) is 0 Å². The third kappa shape index (κ3) is 2.60. The van der Waals surface area contributed by atoms with Gasteiger partial charge in [-0.2, -0.15) is 0 Å². The summed E-state index contributed by atoms with van der Waals surface area (Å²) in [5.74, 6) is -1.20. The molecule has 0 aliphatic heterocycles. The summed E-state index contributed by atoms with van der Waals surface area (Å²) in [6.45, 7) is -0.433. The first-order valence-electron chi connectivity index (χ1n) is 4.38. The number of sulfonamides is 1. The van der Waals surface area contributed by atoms with Gasteiger partial charge in [-0.15, -0.1) is 0 Å². The third-order valence-electron chi connectivity index (χ3n) is 1.91. The molecule has 1 aromatic heterocycles. The Bertz CT molecular complexity index is 491. The molecule has 0 radical (unpaired) electrons. The van der Waals surface area contributed by atoms with E-state index in [1.807, 2.05) is 0 Å². The van der Waals surface area contributed by atoms with Crippen molar-refractivity contribution in [3.8, 4) is 0 Å². The zero-order valence-corrected chi connectivity index (χ0v) is 9.36. The van der Waals surface area contributed by atoms with Crippen molar-refractivity contribution >= 4 is 16.0 Å². The van der Waals surface area contributed by atoms with E-state index in [2.05, 4.69) is 4.72 Å². The van der Waals surface area contributed by atoms with Crippen molar-refractivity contribution in [2.45, 2.75) is 4.90 Å².